The van der Waals surface area contributed by atoms with Crippen LogP contribution in [-0.2, 0) is 34.1 Å². The van der Waals surface area contributed by atoms with E-state index < -0.39 is 101 Å². The van der Waals surface area contributed by atoms with Crippen LogP contribution in [0.15, 0.2) is 11.1 Å². The van der Waals surface area contributed by atoms with Gasteiger partial charge in [0.15, 0.2) is 17.9 Å². The van der Waals surface area contributed by atoms with Crippen LogP contribution >= 0.6 is 0 Å². The van der Waals surface area contributed by atoms with E-state index in [1.807, 2.05) is 0 Å². The van der Waals surface area contributed by atoms with E-state index in [0.29, 0.717) is 12.8 Å². The minimum Gasteiger partial charge on any atom is -0.507 e. The Balaban J connectivity index is 1.44. The molecule has 5 N–H and O–H groups in total. The average Bonchev–Trinajstić information content (AvgIpc) is 2.93. The minimum absolute atomic E-state index is 0.0290. The number of carbonyl (C=O) groups is 3. The molecule has 2 aliphatic carbocycles. The number of methoxy groups -OCH3 is 1. The standard InChI is InChI=1S/C29H34O13/c1-9-12(30)5-6-17(40-9)42-15-7-13-19-23(29(15,37)11(3)41-13)28(36)22-21(26(19)34)27(35)20-18(25(22)33)10(2)39-14(24(20)32)8-16(31)38-4/h9-15,17,24,30,32,34,36-37H,5-8H2,1-4H3/t9?,10-,11?,12?,13?,14-,15?,17?,24+,29?/m0/s1. The lowest BCUT2D eigenvalue weighted by Crippen LogP contribution is -2.60. The Morgan fingerprint density at radius 2 is 1.64 bits per heavy atom. The molecule has 6 aliphatic rings. The molecule has 1 aromatic rings. The zero-order chi connectivity index (χ0) is 30.4. The summed E-state index contributed by atoms with van der Waals surface area (Å²) in [5.41, 5.74) is -3.89. The first-order valence-corrected chi connectivity index (χ1v) is 14.0. The molecule has 13 heteroatoms. The van der Waals surface area contributed by atoms with E-state index >= 15 is 0 Å². The number of phenolic OH excluding ortho intramolecular Hbond substituents is 2. The quantitative estimate of drug-likeness (QED) is 0.244. The highest BCUT2D eigenvalue weighted by Crippen LogP contribution is 2.60. The second kappa shape index (κ2) is 10.1. The number of fused-ring (bicyclic) bond motifs is 3. The average molecular weight is 591 g/mol. The number of phenols is 2. The number of ketones is 2. The third kappa shape index (κ3) is 3.99. The molecule has 0 spiro atoms. The van der Waals surface area contributed by atoms with Crippen molar-refractivity contribution in [1.82, 2.24) is 0 Å². The Hall–Kier alpha value is -2.91. The van der Waals surface area contributed by atoms with Gasteiger partial charge in [-0.05, 0) is 27.2 Å². The molecule has 4 heterocycles. The highest BCUT2D eigenvalue weighted by atomic mass is 16.7. The predicted octanol–water partition coefficient (Wildman–Crippen LogP) is 0.807. The van der Waals surface area contributed by atoms with Crippen molar-refractivity contribution in [1.29, 1.82) is 0 Å². The molecular weight excluding hydrogens is 556 g/mol. The first-order chi connectivity index (χ1) is 19.8. The van der Waals surface area contributed by atoms with Gasteiger partial charge in [0, 0.05) is 35.1 Å². The number of aliphatic hydroxyl groups excluding tert-OH is 2. The van der Waals surface area contributed by atoms with E-state index in [1.165, 1.54) is 6.92 Å². The van der Waals surface area contributed by atoms with Gasteiger partial charge in [-0.2, -0.15) is 0 Å². The van der Waals surface area contributed by atoms with Crippen molar-refractivity contribution in [2.24, 2.45) is 0 Å². The number of aliphatic hydroxyl groups is 3. The first-order valence-electron chi connectivity index (χ1n) is 14.0. The van der Waals surface area contributed by atoms with Crippen molar-refractivity contribution in [3.8, 4) is 11.5 Å². The molecule has 0 radical (unpaired) electrons. The molecule has 42 heavy (non-hydrogen) atoms. The van der Waals surface area contributed by atoms with Gasteiger partial charge in [-0.3, -0.25) is 14.4 Å². The van der Waals surface area contributed by atoms with Crippen LogP contribution in [0.4, 0.5) is 0 Å². The molecule has 7 rings (SSSR count). The topological polar surface area (TPSA) is 199 Å². The van der Waals surface area contributed by atoms with E-state index in [-0.39, 0.29) is 35.1 Å². The number of rotatable bonds is 4. The summed E-state index contributed by atoms with van der Waals surface area (Å²) < 4.78 is 28.3. The highest BCUT2D eigenvalue weighted by molar-refractivity contribution is 6.30. The van der Waals surface area contributed by atoms with Crippen LogP contribution in [0.5, 0.6) is 11.5 Å². The number of hydrogen-bond acceptors (Lipinski definition) is 13. The van der Waals surface area contributed by atoms with Crippen LogP contribution in [-0.4, -0.2) is 99.2 Å². The summed E-state index contributed by atoms with van der Waals surface area (Å²) in [7, 11) is 1.16. The molecule has 228 valence electrons. The lowest BCUT2D eigenvalue weighted by Gasteiger charge is -2.54. The SMILES string of the molecule is COC(=O)C[C@@H]1O[C@@H](C)C2=C(C(=O)c3c(O)c4c(c(O)c3C2=O)C2(O)C(C)OC4CC2OC2CCC(O)C(C)O2)[C@@H]1O. The summed E-state index contributed by atoms with van der Waals surface area (Å²) in [4.78, 5) is 39.7. The number of ether oxygens (including phenoxy) is 5. The fraction of sp³-hybridized carbons (Fsp3) is 0.621. The lowest BCUT2D eigenvalue weighted by molar-refractivity contribution is -0.311. The van der Waals surface area contributed by atoms with Gasteiger partial charge in [-0.15, -0.1) is 0 Å². The smallest absolute Gasteiger partial charge is 0.308 e. The zero-order valence-electron chi connectivity index (χ0n) is 23.5. The zero-order valence-corrected chi connectivity index (χ0v) is 23.5. The van der Waals surface area contributed by atoms with Crippen molar-refractivity contribution in [3.63, 3.8) is 0 Å². The van der Waals surface area contributed by atoms with Gasteiger partial charge in [0.1, 0.15) is 23.2 Å². The van der Waals surface area contributed by atoms with E-state index in [1.54, 1.807) is 13.8 Å². The first kappa shape index (κ1) is 29.2. The van der Waals surface area contributed by atoms with Crippen molar-refractivity contribution < 1.29 is 63.6 Å². The van der Waals surface area contributed by atoms with E-state index in [0.717, 1.165) is 7.11 Å². The summed E-state index contributed by atoms with van der Waals surface area (Å²) in [6.07, 6.45) is -8.33. The molecule has 0 saturated carbocycles. The van der Waals surface area contributed by atoms with Crippen LogP contribution in [0.2, 0.25) is 0 Å². The molecule has 0 amide bonds. The second-order valence-electron chi connectivity index (χ2n) is 11.6. The van der Waals surface area contributed by atoms with Gasteiger partial charge < -0.3 is 49.2 Å². The number of benzene rings is 1. The molecule has 10 atom stereocenters. The monoisotopic (exact) mass is 590 g/mol. The fourth-order valence-electron chi connectivity index (χ4n) is 7.09. The molecule has 13 nitrogen and oxygen atoms in total. The Morgan fingerprint density at radius 3 is 2.31 bits per heavy atom. The molecule has 2 saturated heterocycles. The molecule has 4 aliphatic heterocycles. The molecule has 7 unspecified atom stereocenters. The number of carbonyl (C=O) groups excluding carboxylic acids is 3. The minimum atomic E-state index is -2.05. The Bertz CT molecular complexity index is 1400. The third-order valence-electron chi connectivity index (χ3n) is 9.30. The maximum absolute atomic E-state index is 13.9. The van der Waals surface area contributed by atoms with Crippen LogP contribution in [0.25, 0.3) is 0 Å². The largest absolute Gasteiger partial charge is 0.507 e. The summed E-state index contributed by atoms with van der Waals surface area (Å²) in [5, 5.41) is 56.3. The number of esters is 1. The molecule has 2 bridgehead atoms. The molecule has 0 aromatic heterocycles. The van der Waals surface area contributed by atoms with E-state index in [4.69, 9.17) is 18.9 Å². The highest BCUT2D eigenvalue weighted by Gasteiger charge is 2.61. The summed E-state index contributed by atoms with van der Waals surface area (Å²) in [6.45, 7) is 4.74. The normalized spacial score (nSPS) is 39.1. The van der Waals surface area contributed by atoms with Crippen molar-refractivity contribution in [3.05, 3.63) is 33.4 Å². The summed E-state index contributed by atoms with van der Waals surface area (Å²) in [5.74, 6) is -3.84. The maximum Gasteiger partial charge on any atom is 0.308 e. The van der Waals surface area contributed by atoms with E-state index in [2.05, 4.69) is 4.74 Å². The number of aromatic hydroxyl groups is 2. The Morgan fingerprint density at radius 1 is 0.976 bits per heavy atom. The van der Waals surface area contributed by atoms with E-state index in [9.17, 15) is 39.9 Å². The summed E-state index contributed by atoms with van der Waals surface area (Å²) in [6, 6.07) is 0. The molecule has 1 aromatic carbocycles. The van der Waals surface area contributed by atoms with Crippen LogP contribution in [0.1, 0.15) is 84.4 Å². The molecule has 2 fully saturated rings. The van der Waals surface area contributed by atoms with Gasteiger partial charge in [-0.25, -0.2) is 0 Å². The van der Waals surface area contributed by atoms with Gasteiger partial charge >= 0.3 is 5.97 Å². The van der Waals surface area contributed by atoms with Crippen LogP contribution < -0.4 is 0 Å². The lowest BCUT2D eigenvalue weighted by atomic mass is 9.66. The van der Waals surface area contributed by atoms with Crippen molar-refractivity contribution in [2.75, 3.05) is 7.11 Å². The van der Waals surface area contributed by atoms with Gasteiger partial charge in [0.25, 0.3) is 0 Å². The number of Topliss-reactive ketones (excluding diaryl/α,β-unsaturated/α-hetero) is 2. The van der Waals surface area contributed by atoms with Gasteiger partial charge in [0.2, 0.25) is 0 Å². The fourth-order valence-corrected chi connectivity index (χ4v) is 7.09. The Labute approximate surface area is 240 Å². The number of hydrogen-bond donors (Lipinski definition) is 5. The second-order valence-corrected chi connectivity index (χ2v) is 11.6. The maximum atomic E-state index is 13.9. The van der Waals surface area contributed by atoms with Crippen molar-refractivity contribution in [2.45, 2.75) is 107 Å². The Kier molecular flexibility index (Phi) is 7.00. The van der Waals surface area contributed by atoms with Crippen molar-refractivity contribution >= 4 is 17.5 Å². The van der Waals surface area contributed by atoms with Gasteiger partial charge in [0.05, 0.1) is 67.4 Å². The summed E-state index contributed by atoms with van der Waals surface area (Å²) >= 11 is 0. The van der Waals surface area contributed by atoms with Crippen LogP contribution in [0, 0.1) is 0 Å². The van der Waals surface area contributed by atoms with Gasteiger partial charge in [-0.1, -0.05) is 0 Å². The predicted molar refractivity (Wildman–Crippen MR) is 139 cm³/mol. The molecular formula is C29H34O13. The third-order valence-corrected chi connectivity index (χ3v) is 9.30. The van der Waals surface area contributed by atoms with Crippen LogP contribution in [0.3, 0.4) is 0 Å².